The van der Waals surface area contributed by atoms with E-state index in [0.717, 1.165) is 0 Å². The number of nitrogens with one attached hydrogen (secondary N) is 1. The standard InChI is InChI=1S/C18H16ClNO4/c19-14-6-8-15(9-7-14)20-17(22)10-11-18(23)24-12-16(21)13-4-2-1-3-5-13/h1-9H,10-12H2,(H,20,22). The highest BCUT2D eigenvalue weighted by Gasteiger charge is 2.11. The molecule has 24 heavy (non-hydrogen) atoms. The molecule has 1 amide bonds. The number of ether oxygens (including phenoxy) is 1. The molecule has 0 fully saturated rings. The third kappa shape index (κ3) is 5.85. The Labute approximate surface area is 144 Å². The molecule has 1 N–H and O–H groups in total. The largest absolute Gasteiger partial charge is 0.457 e. The summed E-state index contributed by atoms with van der Waals surface area (Å²) in [5, 5.41) is 3.21. The smallest absolute Gasteiger partial charge is 0.306 e. The van der Waals surface area contributed by atoms with E-state index < -0.39 is 5.97 Å². The van der Waals surface area contributed by atoms with Crippen molar-refractivity contribution in [1.82, 2.24) is 0 Å². The minimum Gasteiger partial charge on any atom is -0.457 e. The van der Waals surface area contributed by atoms with Gasteiger partial charge >= 0.3 is 5.97 Å². The van der Waals surface area contributed by atoms with Gasteiger partial charge in [0, 0.05) is 22.7 Å². The van der Waals surface area contributed by atoms with Gasteiger partial charge in [-0.05, 0) is 24.3 Å². The van der Waals surface area contributed by atoms with Crippen molar-refractivity contribution in [2.45, 2.75) is 12.8 Å². The fourth-order valence-electron chi connectivity index (χ4n) is 1.90. The predicted octanol–water partition coefficient (Wildman–Crippen LogP) is 3.48. The molecule has 2 aromatic rings. The van der Waals surface area contributed by atoms with E-state index in [4.69, 9.17) is 16.3 Å². The maximum absolute atomic E-state index is 11.8. The summed E-state index contributed by atoms with van der Waals surface area (Å²) in [6.45, 7) is -0.332. The van der Waals surface area contributed by atoms with Crippen molar-refractivity contribution in [2.24, 2.45) is 0 Å². The quantitative estimate of drug-likeness (QED) is 0.616. The number of anilines is 1. The number of halogens is 1. The second-order valence-corrected chi connectivity index (χ2v) is 5.44. The summed E-state index contributed by atoms with van der Waals surface area (Å²) in [6.07, 6.45) is -0.123. The van der Waals surface area contributed by atoms with Crippen molar-refractivity contribution in [3.05, 3.63) is 65.2 Å². The van der Waals surface area contributed by atoms with E-state index in [1.807, 2.05) is 0 Å². The lowest BCUT2D eigenvalue weighted by Crippen LogP contribution is -2.17. The lowest BCUT2D eigenvalue weighted by atomic mass is 10.1. The van der Waals surface area contributed by atoms with Gasteiger partial charge in [0.2, 0.25) is 5.91 Å². The zero-order valence-corrected chi connectivity index (χ0v) is 13.6. The van der Waals surface area contributed by atoms with Crippen LogP contribution in [-0.2, 0) is 14.3 Å². The average Bonchev–Trinajstić information content (AvgIpc) is 2.60. The molecular formula is C18H16ClNO4. The second-order valence-electron chi connectivity index (χ2n) is 5.00. The molecule has 0 atom stereocenters. The fraction of sp³-hybridized carbons (Fsp3) is 0.167. The van der Waals surface area contributed by atoms with Crippen molar-refractivity contribution >= 4 is 34.9 Å². The number of carbonyl (C=O) groups excluding carboxylic acids is 3. The molecule has 0 spiro atoms. The number of amides is 1. The molecule has 0 saturated carbocycles. The van der Waals surface area contributed by atoms with E-state index in [1.54, 1.807) is 54.6 Å². The van der Waals surface area contributed by atoms with Gasteiger partial charge in [-0.15, -0.1) is 0 Å². The Balaban J connectivity index is 1.70. The predicted molar refractivity (Wildman–Crippen MR) is 91.0 cm³/mol. The maximum Gasteiger partial charge on any atom is 0.306 e. The Kier molecular flexibility index (Phi) is 6.51. The maximum atomic E-state index is 11.8. The van der Waals surface area contributed by atoms with Crippen molar-refractivity contribution < 1.29 is 19.1 Å². The molecule has 0 aliphatic carbocycles. The summed E-state index contributed by atoms with van der Waals surface area (Å²) in [7, 11) is 0. The van der Waals surface area contributed by atoms with Crippen LogP contribution >= 0.6 is 11.6 Å². The number of hydrogen-bond acceptors (Lipinski definition) is 4. The number of rotatable bonds is 7. The van der Waals surface area contributed by atoms with Gasteiger partial charge in [-0.1, -0.05) is 41.9 Å². The van der Waals surface area contributed by atoms with E-state index in [2.05, 4.69) is 5.32 Å². The first-order valence-corrected chi connectivity index (χ1v) is 7.71. The van der Waals surface area contributed by atoms with E-state index >= 15 is 0 Å². The molecule has 0 bridgehead atoms. The van der Waals surface area contributed by atoms with Gasteiger partial charge in [0.1, 0.15) is 0 Å². The number of hydrogen-bond donors (Lipinski definition) is 1. The molecule has 0 aliphatic rings. The third-order valence-electron chi connectivity index (χ3n) is 3.14. The van der Waals surface area contributed by atoms with Gasteiger partial charge in [0.05, 0.1) is 6.42 Å². The Bertz CT molecular complexity index is 714. The van der Waals surface area contributed by atoms with Crippen LogP contribution in [0.2, 0.25) is 5.02 Å². The lowest BCUT2D eigenvalue weighted by Gasteiger charge is -2.06. The van der Waals surface area contributed by atoms with Gasteiger partial charge in [-0.2, -0.15) is 0 Å². The average molecular weight is 346 g/mol. The first-order valence-electron chi connectivity index (χ1n) is 7.34. The van der Waals surface area contributed by atoms with Crippen LogP contribution in [0.1, 0.15) is 23.2 Å². The molecule has 6 heteroatoms. The van der Waals surface area contributed by atoms with Crippen LogP contribution in [-0.4, -0.2) is 24.3 Å². The van der Waals surface area contributed by atoms with Crippen molar-refractivity contribution in [1.29, 1.82) is 0 Å². The monoisotopic (exact) mass is 345 g/mol. The number of carbonyl (C=O) groups is 3. The van der Waals surface area contributed by atoms with Gasteiger partial charge in [-0.3, -0.25) is 14.4 Å². The molecule has 0 unspecified atom stereocenters. The van der Waals surface area contributed by atoms with E-state index in [9.17, 15) is 14.4 Å². The molecule has 2 rings (SSSR count). The summed E-state index contributed by atoms with van der Waals surface area (Å²) in [6, 6.07) is 15.2. The molecule has 0 saturated heterocycles. The topological polar surface area (TPSA) is 72.5 Å². The molecule has 0 aliphatic heterocycles. The molecule has 0 aromatic heterocycles. The van der Waals surface area contributed by atoms with Gasteiger partial charge in [-0.25, -0.2) is 0 Å². The highest BCUT2D eigenvalue weighted by atomic mass is 35.5. The zero-order valence-electron chi connectivity index (χ0n) is 12.8. The highest BCUT2D eigenvalue weighted by molar-refractivity contribution is 6.30. The third-order valence-corrected chi connectivity index (χ3v) is 3.40. The highest BCUT2D eigenvalue weighted by Crippen LogP contribution is 2.13. The summed E-state index contributed by atoms with van der Waals surface area (Å²) in [4.78, 5) is 35.1. The zero-order chi connectivity index (χ0) is 17.4. The van der Waals surface area contributed by atoms with Crippen LogP contribution in [0.4, 0.5) is 5.69 Å². The van der Waals surface area contributed by atoms with Gasteiger partial charge in [0.25, 0.3) is 0 Å². The Hall–Kier alpha value is -2.66. The van der Waals surface area contributed by atoms with Crippen LogP contribution < -0.4 is 5.32 Å². The summed E-state index contributed by atoms with van der Waals surface area (Å²) >= 11 is 5.75. The van der Waals surface area contributed by atoms with E-state index in [-0.39, 0.29) is 31.1 Å². The molecular weight excluding hydrogens is 330 g/mol. The molecule has 0 heterocycles. The molecule has 0 radical (unpaired) electrons. The number of esters is 1. The number of Topliss-reactive ketones (excluding diaryl/α,β-unsaturated/α-hetero) is 1. The minimum absolute atomic E-state index is 0.0268. The summed E-state index contributed by atoms with van der Waals surface area (Å²) in [5.41, 5.74) is 1.07. The first-order chi connectivity index (χ1) is 11.5. The molecule has 124 valence electrons. The lowest BCUT2D eigenvalue weighted by molar-refractivity contribution is -0.143. The Morgan fingerprint density at radius 3 is 2.25 bits per heavy atom. The van der Waals surface area contributed by atoms with E-state index in [0.29, 0.717) is 16.3 Å². The Morgan fingerprint density at radius 2 is 1.58 bits per heavy atom. The van der Waals surface area contributed by atoms with Crippen LogP contribution in [0.15, 0.2) is 54.6 Å². The summed E-state index contributed by atoms with van der Waals surface area (Å²) < 4.78 is 4.89. The first kappa shape index (κ1) is 17.7. The van der Waals surface area contributed by atoms with Crippen LogP contribution in [0, 0.1) is 0 Å². The van der Waals surface area contributed by atoms with Crippen molar-refractivity contribution in [2.75, 3.05) is 11.9 Å². The Morgan fingerprint density at radius 1 is 0.917 bits per heavy atom. The van der Waals surface area contributed by atoms with Crippen molar-refractivity contribution in [3.63, 3.8) is 0 Å². The minimum atomic E-state index is -0.592. The van der Waals surface area contributed by atoms with Gasteiger partial charge in [0.15, 0.2) is 12.4 Å². The number of benzene rings is 2. The van der Waals surface area contributed by atoms with Crippen LogP contribution in [0.5, 0.6) is 0 Å². The fourth-order valence-corrected chi connectivity index (χ4v) is 2.02. The molecule has 2 aromatic carbocycles. The van der Waals surface area contributed by atoms with Crippen LogP contribution in [0.3, 0.4) is 0 Å². The summed E-state index contributed by atoms with van der Waals surface area (Å²) in [5.74, 6) is -1.19. The second kappa shape index (κ2) is 8.84. The molecule has 5 nitrogen and oxygen atoms in total. The SMILES string of the molecule is O=C(CCC(=O)OCC(=O)c1ccccc1)Nc1ccc(Cl)cc1. The van der Waals surface area contributed by atoms with Crippen molar-refractivity contribution in [3.8, 4) is 0 Å². The number of ketones is 1. The van der Waals surface area contributed by atoms with E-state index in [1.165, 1.54) is 0 Å². The van der Waals surface area contributed by atoms with Gasteiger partial charge < -0.3 is 10.1 Å². The van der Waals surface area contributed by atoms with Crippen LogP contribution in [0.25, 0.3) is 0 Å². The normalized spacial score (nSPS) is 10.0.